The van der Waals surface area contributed by atoms with Crippen molar-refractivity contribution in [2.45, 2.75) is 360 Å². The van der Waals surface area contributed by atoms with Crippen molar-refractivity contribution in [2.75, 3.05) is 13.2 Å². The van der Waals surface area contributed by atoms with Crippen LogP contribution in [0.25, 0.3) is 0 Å². The average Bonchev–Trinajstić information content (AvgIpc) is 3.38. The molecule has 6 heteroatoms. The molecule has 0 aromatic heterocycles. The van der Waals surface area contributed by atoms with Crippen molar-refractivity contribution in [3.05, 3.63) is 36.5 Å². The third-order valence-electron chi connectivity index (χ3n) is 14.9. The van der Waals surface area contributed by atoms with E-state index < -0.39 is 12.1 Å². The molecule has 0 saturated heterocycles. The minimum Gasteiger partial charge on any atom is -0.466 e. The van der Waals surface area contributed by atoms with Crippen molar-refractivity contribution >= 4 is 11.9 Å². The molecule has 0 bridgehead atoms. The first kappa shape index (κ1) is 70.1. The van der Waals surface area contributed by atoms with Gasteiger partial charge >= 0.3 is 5.97 Å². The molecular weight excluding hydrogens is 887 g/mol. The van der Waals surface area contributed by atoms with Crippen LogP contribution in [-0.4, -0.2) is 47.4 Å². The molecule has 424 valence electrons. The van der Waals surface area contributed by atoms with Gasteiger partial charge in [-0.05, 0) is 64.2 Å². The molecule has 0 aliphatic rings. The van der Waals surface area contributed by atoms with Gasteiger partial charge in [0.1, 0.15) is 0 Å². The maximum atomic E-state index is 12.5. The topological polar surface area (TPSA) is 95.9 Å². The first-order valence-electron chi connectivity index (χ1n) is 32.3. The van der Waals surface area contributed by atoms with Gasteiger partial charge in [0.05, 0.1) is 25.4 Å². The van der Waals surface area contributed by atoms with Crippen molar-refractivity contribution in [3.8, 4) is 0 Å². The van der Waals surface area contributed by atoms with Gasteiger partial charge < -0.3 is 20.3 Å². The van der Waals surface area contributed by atoms with E-state index in [0.717, 1.165) is 51.4 Å². The standard InChI is InChI=1S/C66H125NO5/c1-3-5-7-9-11-13-15-17-19-21-23-26-30-34-38-42-46-50-54-58-64(69)63(62-68)67-65(70)59-55-51-47-43-39-35-31-27-25-29-33-37-41-45-49-53-57-61-72-66(71)60-56-52-48-44-40-36-32-28-24-22-20-18-16-14-12-10-8-6-4-2/h12,14,18,20,54,58,63-64,68-69H,3-11,13,15-17,19,21-53,55-57,59-62H2,1-2H3,(H,67,70)/b14-12-,20-18-,58-54+. The van der Waals surface area contributed by atoms with Gasteiger partial charge in [0.25, 0.3) is 0 Å². The number of nitrogens with one attached hydrogen (secondary N) is 1. The van der Waals surface area contributed by atoms with E-state index in [9.17, 15) is 19.8 Å². The third kappa shape index (κ3) is 57.4. The second kappa shape index (κ2) is 61.6. The SMILES string of the molecule is CCCCC/C=C\C/C=C\CCCCCCCCCCCC(=O)OCCCCCCCCCCCCCCCCCCCC(=O)NC(CO)C(O)/C=C/CCCCCCCCCCCCCCCCCCC. The van der Waals surface area contributed by atoms with Gasteiger partial charge in [-0.1, -0.05) is 307 Å². The van der Waals surface area contributed by atoms with Gasteiger partial charge in [0.2, 0.25) is 5.91 Å². The van der Waals surface area contributed by atoms with Crippen LogP contribution in [-0.2, 0) is 14.3 Å². The summed E-state index contributed by atoms with van der Waals surface area (Å²) in [6, 6.07) is -0.633. The number of allylic oxidation sites excluding steroid dienone is 5. The van der Waals surface area contributed by atoms with E-state index in [4.69, 9.17) is 4.74 Å². The summed E-state index contributed by atoms with van der Waals surface area (Å²) in [5, 5.41) is 23.2. The number of amides is 1. The molecule has 72 heavy (non-hydrogen) atoms. The molecule has 0 aromatic rings. The van der Waals surface area contributed by atoms with Crippen molar-refractivity contribution < 1.29 is 24.5 Å². The van der Waals surface area contributed by atoms with Gasteiger partial charge in [-0.15, -0.1) is 0 Å². The Labute approximate surface area is 449 Å². The van der Waals surface area contributed by atoms with E-state index in [1.165, 1.54) is 270 Å². The van der Waals surface area contributed by atoms with Crippen molar-refractivity contribution in [1.29, 1.82) is 0 Å². The summed E-state index contributed by atoms with van der Waals surface area (Å²) in [6.45, 7) is 4.89. The minimum atomic E-state index is -0.849. The molecule has 0 aromatic carbocycles. The molecule has 0 saturated carbocycles. The van der Waals surface area contributed by atoms with E-state index in [1.54, 1.807) is 6.08 Å². The summed E-state index contributed by atoms with van der Waals surface area (Å²) < 4.78 is 5.50. The zero-order valence-corrected chi connectivity index (χ0v) is 48.4. The smallest absolute Gasteiger partial charge is 0.305 e. The molecule has 2 unspecified atom stereocenters. The fourth-order valence-corrected chi connectivity index (χ4v) is 9.96. The molecule has 1 amide bonds. The minimum absolute atomic E-state index is 0.00112. The fraction of sp³-hybridized carbons (Fsp3) is 0.879. The first-order valence-corrected chi connectivity index (χ1v) is 32.3. The van der Waals surface area contributed by atoms with E-state index in [-0.39, 0.29) is 18.5 Å². The number of ether oxygens (including phenoxy) is 1. The second-order valence-corrected chi connectivity index (χ2v) is 22.1. The number of aliphatic hydroxyl groups is 2. The van der Waals surface area contributed by atoms with Crippen LogP contribution in [0, 0.1) is 0 Å². The monoisotopic (exact) mass is 1010 g/mol. The molecule has 0 heterocycles. The van der Waals surface area contributed by atoms with Crippen LogP contribution in [0.5, 0.6) is 0 Å². The average molecular weight is 1010 g/mol. The number of esters is 1. The van der Waals surface area contributed by atoms with Crippen LogP contribution in [0.15, 0.2) is 36.5 Å². The Morgan fingerprint density at radius 2 is 0.694 bits per heavy atom. The fourth-order valence-electron chi connectivity index (χ4n) is 9.96. The summed E-state index contributed by atoms with van der Waals surface area (Å²) >= 11 is 0. The molecule has 3 N–H and O–H groups in total. The summed E-state index contributed by atoms with van der Waals surface area (Å²) in [5.74, 6) is -0.0697. The van der Waals surface area contributed by atoms with Crippen LogP contribution < -0.4 is 5.32 Å². The molecule has 0 radical (unpaired) electrons. The first-order chi connectivity index (χ1) is 35.5. The Morgan fingerprint density at radius 1 is 0.389 bits per heavy atom. The second-order valence-electron chi connectivity index (χ2n) is 22.1. The number of rotatable bonds is 60. The van der Waals surface area contributed by atoms with Gasteiger partial charge in [0, 0.05) is 12.8 Å². The highest BCUT2D eigenvalue weighted by Crippen LogP contribution is 2.18. The molecule has 0 spiro atoms. The molecular formula is C66H125NO5. The number of carbonyl (C=O) groups excluding carboxylic acids is 2. The van der Waals surface area contributed by atoms with E-state index in [1.807, 2.05) is 6.08 Å². The number of carbonyl (C=O) groups is 2. The summed E-state index contributed by atoms with van der Waals surface area (Å²) in [6.07, 6.45) is 77.5. The molecule has 0 aliphatic carbocycles. The van der Waals surface area contributed by atoms with Crippen LogP contribution in [0.3, 0.4) is 0 Å². The lowest BCUT2D eigenvalue weighted by molar-refractivity contribution is -0.143. The van der Waals surface area contributed by atoms with Crippen LogP contribution in [0.1, 0.15) is 348 Å². The number of aliphatic hydroxyl groups excluding tert-OH is 2. The largest absolute Gasteiger partial charge is 0.466 e. The zero-order chi connectivity index (χ0) is 52.2. The van der Waals surface area contributed by atoms with Crippen LogP contribution in [0.4, 0.5) is 0 Å². The number of hydrogen-bond donors (Lipinski definition) is 3. The Hall–Kier alpha value is -1.92. The van der Waals surface area contributed by atoms with Crippen molar-refractivity contribution in [1.82, 2.24) is 5.32 Å². The lowest BCUT2D eigenvalue weighted by atomic mass is 10.0. The number of hydrogen-bond acceptors (Lipinski definition) is 5. The van der Waals surface area contributed by atoms with Gasteiger partial charge in [-0.25, -0.2) is 0 Å². The Bertz CT molecular complexity index is 1170. The van der Waals surface area contributed by atoms with Gasteiger partial charge in [-0.3, -0.25) is 9.59 Å². The van der Waals surface area contributed by atoms with Gasteiger partial charge in [0.15, 0.2) is 0 Å². The highest BCUT2D eigenvalue weighted by molar-refractivity contribution is 5.76. The predicted octanol–water partition coefficient (Wildman–Crippen LogP) is 20.4. The molecule has 0 aliphatic heterocycles. The van der Waals surface area contributed by atoms with Crippen LogP contribution >= 0.6 is 0 Å². The highest BCUT2D eigenvalue weighted by Gasteiger charge is 2.18. The summed E-state index contributed by atoms with van der Waals surface area (Å²) in [5.41, 5.74) is 0. The third-order valence-corrected chi connectivity index (χ3v) is 14.9. The van der Waals surface area contributed by atoms with Crippen molar-refractivity contribution in [3.63, 3.8) is 0 Å². The van der Waals surface area contributed by atoms with Crippen molar-refractivity contribution in [2.24, 2.45) is 0 Å². The molecule has 2 atom stereocenters. The van der Waals surface area contributed by atoms with E-state index >= 15 is 0 Å². The highest BCUT2D eigenvalue weighted by atomic mass is 16.5. The molecule has 6 nitrogen and oxygen atoms in total. The van der Waals surface area contributed by atoms with E-state index in [2.05, 4.69) is 43.5 Å². The molecule has 0 rings (SSSR count). The maximum absolute atomic E-state index is 12.5. The Balaban J connectivity index is 3.43. The Morgan fingerprint density at radius 3 is 1.08 bits per heavy atom. The van der Waals surface area contributed by atoms with E-state index in [0.29, 0.717) is 19.4 Å². The van der Waals surface area contributed by atoms with Gasteiger partial charge in [-0.2, -0.15) is 0 Å². The maximum Gasteiger partial charge on any atom is 0.305 e. The number of unbranched alkanes of at least 4 members (excludes halogenated alkanes) is 45. The van der Waals surface area contributed by atoms with Crippen LogP contribution in [0.2, 0.25) is 0 Å². The molecule has 0 fully saturated rings. The summed E-state index contributed by atoms with van der Waals surface area (Å²) in [7, 11) is 0. The predicted molar refractivity (Wildman–Crippen MR) is 315 cm³/mol. The lowest BCUT2D eigenvalue weighted by Crippen LogP contribution is -2.45. The zero-order valence-electron chi connectivity index (χ0n) is 48.4. The lowest BCUT2D eigenvalue weighted by Gasteiger charge is -2.20. The summed E-state index contributed by atoms with van der Waals surface area (Å²) in [4.78, 5) is 24.6. The normalized spacial score (nSPS) is 12.8. The Kier molecular flexibility index (Phi) is 60.0. The quantitative estimate of drug-likeness (QED) is 0.0320.